The fourth-order valence-corrected chi connectivity index (χ4v) is 1.49. The van der Waals surface area contributed by atoms with E-state index in [0.717, 1.165) is 16.0 Å². The summed E-state index contributed by atoms with van der Waals surface area (Å²) in [4.78, 5) is 4.23. The van der Waals surface area contributed by atoms with Gasteiger partial charge in [0.1, 0.15) is 4.64 Å². The van der Waals surface area contributed by atoms with Crippen molar-refractivity contribution in [3.8, 4) is 5.69 Å². The normalized spacial score (nSPS) is 10.1. The van der Waals surface area contributed by atoms with Crippen molar-refractivity contribution >= 4 is 12.2 Å². The van der Waals surface area contributed by atoms with Crippen LogP contribution in [0.4, 0.5) is 0 Å². The highest BCUT2D eigenvalue weighted by Crippen LogP contribution is 2.07. The van der Waals surface area contributed by atoms with Gasteiger partial charge in [-0.05, 0) is 31.2 Å². The Kier molecular flexibility index (Phi) is 2.41. The molecule has 0 unspecified atom stereocenters. The molecule has 0 spiro atoms. The molecule has 0 aromatic carbocycles. The average Bonchev–Trinajstić information content (AvgIpc) is 2.20. The molecule has 2 aromatic heterocycles. The van der Waals surface area contributed by atoms with Crippen molar-refractivity contribution in [1.29, 1.82) is 0 Å². The molecule has 0 atom stereocenters. The molecule has 2 aromatic rings. The van der Waals surface area contributed by atoms with Gasteiger partial charge in [-0.1, -0.05) is 18.3 Å². The Bertz CT molecular complexity index is 485. The Labute approximate surface area is 87.9 Å². The maximum absolute atomic E-state index is 5.20. The summed E-state index contributed by atoms with van der Waals surface area (Å²) in [5.41, 5.74) is 2.01. The molecule has 3 heteroatoms. The molecule has 0 fully saturated rings. The summed E-state index contributed by atoms with van der Waals surface area (Å²) in [6.45, 7) is 1.97. The van der Waals surface area contributed by atoms with E-state index in [2.05, 4.69) is 4.98 Å². The Morgan fingerprint density at radius 1 is 1.21 bits per heavy atom. The highest BCUT2D eigenvalue weighted by Gasteiger charge is 1.95. The monoisotopic (exact) mass is 202 g/mol. The molecule has 0 aliphatic carbocycles. The molecular weight excluding hydrogens is 192 g/mol. The van der Waals surface area contributed by atoms with Crippen LogP contribution in [0.15, 0.2) is 42.7 Å². The van der Waals surface area contributed by atoms with Gasteiger partial charge in [0.2, 0.25) is 0 Å². The van der Waals surface area contributed by atoms with Gasteiger partial charge < -0.3 is 4.57 Å². The van der Waals surface area contributed by atoms with Crippen molar-refractivity contribution < 1.29 is 0 Å². The second kappa shape index (κ2) is 3.72. The lowest BCUT2D eigenvalue weighted by atomic mass is 10.3. The second-order valence-corrected chi connectivity index (χ2v) is 3.48. The number of rotatable bonds is 1. The smallest absolute Gasteiger partial charge is 0.110 e. The molecular formula is C11H10N2S. The zero-order valence-corrected chi connectivity index (χ0v) is 8.66. The van der Waals surface area contributed by atoms with Gasteiger partial charge in [-0.3, -0.25) is 4.98 Å². The highest BCUT2D eigenvalue weighted by molar-refractivity contribution is 7.71. The van der Waals surface area contributed by atoms with Crippen molar-refractivity contribution in [2.24, 2.45) is 0 Å². The summed E-state index contributed by atoms with van der Waals surface area (Å²) in [5.74, 6) is 0. The van der Waals surface area contributed by atoms with E-state index in [1.165, 1.54) is 0 Å². The van der Waals surface area contributed by atoms with Crippen LogP contribution in [0.5, 0.6) is 0 Å². The van der Waals surface area contributed by atoms with Crippen LogP contribution in [0, 0.1) is 11.6 Å². The molecule has 0 N–H and O–H groups in total. The minimum Gasteiger partial charge on any atom is -0.307 e. The van der Waals surface area contributed by atoms with E-state index in [-0.39, 0.29) is 0 Å². The molecule has 0 aliphatic heterocycles. The van der Waals surface area contributed by atoms with Crippen LogP contribution < -0.4 is 0 Å². The zero-order chi connectivity index (χ0) is 9.97. The summed E-state index contributed by atoms with van der Waals surface area (Å²) < 4.78 is 2.72. The number of nitrogens with zero attached hydrogens (tertiary/aromatic N) is 2. The summed E-state index contributed by atoms with van der Waals surface area (Å²) in [7, 11) is 0. The van der Waals surface area contributed by atoms with Crippen molar-refractivity contribution in [3.05, 3.63) is 53.1 Å². The van der Waals surface area contributed by atoms with Gasteiger partial charge in [-0.2, -0.15) is 0 Å². The van der Waals surface area contributed by atoms with Crippen LogP contribution in [0.25, 0.3) is 5.69 Å². The SMILES string of the molecule is Cc1ccc(-n2ccccc2=S)cn1. The highest BCUT2D eigenvalue weighted by atomic mass is 32.1. The zero-order valence-electron chi connectivity index (χ0n) is 7.84. The van der Waals surface area contributed by atoms with Crippen molar-refractivity contribution in [1.82, 2.24) is 9.55 Å². The molecule has 0 saturated carbocycles. The van der Waals surface area contributed by atoms with Crippen molar-refractivity contribution in [3.63, 3.8) is 0 Å². The van der Waals surface area contributed by atoms with Crippen LogP contribution in [0.2, 0.25) is 0 Å². The maximum Gasteiger partial charge on any atom is 0.110 e. The molecule has 70 valence electrons. The molecule has 2 rings (SSSR count). The molecule has 0 radical (unpaired) electrons. The third kappa shape index (κ3) is 1.72. The van der Waals surface area contributed by atoms with Gasteiger partial charge >= 0.3 is 0 Å². The molecule has 2 nitrogen and oxygen atoms in total. The lowest BCUT2D eigenvalue weighted by molar-refractivity contribution is 1.00. The van der Waals surface area contributed by atoms with Crippen LogP contribution in [0.3, 0.4) is 0 Å². The van der Waals surface area contributed by atoms with Crippen molar-refractivity contribution in [2.45, 2.75) is 6.92 Å². The maximum atomic E-state index is 5.20. The topological polar surface area (TPSA) is 17.8 Å². The van der Waals surface area contributed by atoms with Gasteiger partial charge in [0, 0.05) is 11.9 Å². The lowest BCUT2D eigenvalue weighted by Crippen LogP contribution is -1.96. The fourth-order valence-electron chi connectivity index (χ4n) is 1.24. The van der Waals surface area contributed by atoms with E-state index in [1.807, 2.05) is 54.2 Å². The van der Waals surface area contributed by atoms with Gasteiger partial charge in [0.15, 0.2) is 0 Å². The first-order valence-corrected chi connectivity index (χ1v) is 4.79. The Balaban J connectivity index is 2.56. The predicted octanol–water partition coefficient (Wildman–Crippen LogP) is 2.91. The number of hydrogen-bond acceptors (Lipinski definition) is 2. The quantitative estimate of drug-likeness (QED) is 0.662. The number of aromatic nitrogens is 2. The predicted molar refractivity (Wildman–Crippen MR) is 59.1 cm³/mol. The number of pyridine rings is 2. The number of hydrogen-bond donors (Lipinski definition) is 0. The fraction of sp³-hybridized carbons (Fsp3) is 0.0909. The van der Waals surface area contributed by atoms with E-state index in [0.29, 0.717) is 0 Å². The van der Waals surface area contributed by atoms with Crippen LogP contribution in [-0.4, -0.2) is 9.55 Å². The first-order valence-electron chi connectivity index (χ1n) is 4.38. The van der Waals surface area contributed by atoms with E-state index in [1.54, 1.807) is 0 Å². The van der Waals surface area contributed by atoms with Gasteiger partial charge in [-0.25, -0.2) is 0 Å². The van der Waals surface area contributed by atoms with Gasteiger partial charge in [-0.15, -0.1) is 0 Å². The standard InChI is InChI=1S/C11H10N2S/c1-9-5-6-10(8-12-9)13-7-3-2-4-11(13)14/h2-8H,1H3. The largest absolute Gasteiger partial charge is 0.307 e. The summed E-state index contributed by atoms with van der Waals surface area (Å²) in [6, 6.07) is 9.77. The van der Waals surface area contributed by atoms with E-state index < -0.39 is 0 Å². The number of aryl methyl sites for hydroxylation is 1. The molecule has 0 aliphatic rings. The average molecular weight is 202 g/mol. The third-order valence-corrected chi connectivity index (χ3v) is 2.33. The second-order valence-electron chi connectivity index (χ2n) is 3.07. The Hall–Kier alpha value is -1.48. The van der Waals surface area contributed by atoms with Gasteiger partial charge in [0.25, 0.3) is 0 Å². The molecule has 0 bridgehead atoms. The van der Waals surface area contributed by atoms with E-state index in [9.17, 15) is 0 Å². The lowest BCUT2D eigenvalue weighted by Gasteiger charge is -2.05. The minimum absolute atomic E-state index is 0.790. The summed E-state index contributed by atoms with van der Waals surface area (Å²) in [5, 5.41) is 0. The molecule has 14 heavy (non-hydrogen) atoms. The van der Waals surface area contributed by atoms with Crippen LogP contribution >= 0.6 is 12.2 Å². The van der Waals surface area contributed by atoms with Crippen LogP contribution in [0.1, 0.15) is 5.69 Å². The van der Waals surface area contributed by atoms with Crippen molar-refractivity contribution in [2.75, 3.05) is 0 Å². The first kappa shape index (κ1) is 9.09. The van der Waals surface area contributed by atoms with Crippen LogP contribution in [-0.2, 0) is 0 Å². The van der Waals surface area contributed by atoms with E-state index in [4.69, 9.17) is 12.2 Å². The molecule has 0 amide bonds. The minimum atomic E-state index is 0.790. The summed E-state index contributed by atoms with van der Waals surface area (Å²) in [6.07, 6.45) is 3.76. The van der Waals surface area contributed by atoms with Gasteiger partial charge in [0.05, 0.1) is 11.9 Å². The first-order chi connectivity index (χ1) is 6.77. The Morgan fingerprint density at radius 2 is 2.07 bits per heavy atom. The third-order valence-electron chi connectivity index (χ3n) is 2.00. The molecule has 2 heterocycles. The van der Waals surface area contributed by atoms with E-state index >= 15 is 0 Å². The molecule has 0 saturated heterocycles. The Morgan fingerprint density at radius 3 is 2.71 bits per heavy atom. The summed E-state index contributed by atoms with van der Waals surface area (Å²) >= 11 is 5.20.